The highest BCUT2D eigenvalue weighted by molar-refractivity contribution is 6.16. The molecule has 0 aliphatic rings. The van der Waals surface area contributed by atoms with E-state index >= 15 is 0 Å². The first-order valence-corrected chi connectivity index (χ1v) is 6.25. The zero-order valence-electron chi connectivity index (χ0n) is 10.4. The monoisotopic (exact) mass is 277 g/mol. The van der Waals surface area contributed by atoms with E-state index in [9.17, 15) is 4.79 Å². The molecular weight excluding hydrogens is 266 g/mol. The second kappa shape index (κ2) is 5.72. The number of carbonyl (C=O) groups excluding carboxylic acids is 1. The lowest BCUT2D eigenvalue weighted by Gasteiger charge is -2.06. The summed E-state index contributed by atoms with van der Waals surface area (Å²) in [5.74, 6) is 0.632. The van der Waals surface area contributed by atoms with Crippen LogP contribution in [0.1, 0.15) is 17.8 Å². The average molecular weight is 278 g/mol. The van der Waals surface area contributed by atoms with Crippen molar-refractivity contribution >= 4 is 28.6 Å². The number of methoxy groups -OCH3 is 1. The lowest BCUT2D eigenvalue weighted by Crippen LogP contribution is -2.09. The van der Waals surface area contributed by atoms with Gasteiger partial charge >= 0.3 is 5.97 Å². The molecule has 0 saturated carbocycles. The molecule has 0 saturated heterocycles. The molecule has 2 aromatic rings. The molecule has 1 heterocycles. The van der Waals surface area contributed by atoms with Gasteiger partial charge in [-0.05, 0) is 18.2 Å². The Hall–Kier alpha value is -2.06. The van der Waals surface area contributed by atoms with E-state index in [4.69, 9.17) is 16.9 Å². The quantitative estimate of drug-likeness (QED) is 0.635. The van der Waals surface area contributed by atoms with E-state index < -0.39 is 0 Å². The number of nitriles is 1. The minimum Gasteiger partial charge on any atom is -0.469 e. The fourth-order valence-corrected chi connectivity index (χ4v) is 2.10. The first-order chi connectivity index (χ1) is 9.19. The SMILES string of the molecule is COC(=O)CCn1c(CCl)nc2ccc(C#N)cc21. The summed E-state index contributed by atoms with van der Waals surface area (Å²) in [6.07, 6.45) is 0.239. The smallest absolute Gasteiger partial charge is 0.307 e. The molecule has 0 radical (unpaired) electrons. The van der Waals surface area contributed by atoms with Crippen LogP contribution in [0.2, 0.25) is 0 Å². The van der Waals surface area contributed by atoms with E-state index in [1.54, 1.807) is 18.2 Å². The van der Waals surface area contributed by atoms with Crippen LogP contribution in [0.5, 0.6) is 0 Å². The van der Waals surface area contributed by atoms with Crippen LogP contribution in [0, 0.1) is 11.3 Å². The first-order valence-electron chi connectivity index (χ1n) is 5.71. The molecule has 5 nitrogen and oxygen atoms in total. The van der Waals surface area contributed by atoms with Crippen LogP contribution >= 0.6 is 11.6 Å². The van der Waals surface area contributed by atoms with Crippen LogP contribution in [0.3, 0.4) is 0 Å². The Bertz CT molecular complexity index is 658. The first kappa shape index (κ1) is 13.4. The molecule has 6 heteroatoms. The maximum atomic E-state index is 11.2. The van der Waals surface area contributed by atoms with E-state index in [0.717, 1.165) is 11.0 Å². The molecule has 0 fully saturated rings. The van der Waals surface area contributed by atoms with Crippen molar-refractivity contribution in [2.75, 3.05) is 7.11 Å². The van der Waals surface area contributed by atoms with Crippen molar-refractivity contribution in [3.05, 3.63) is 29.6 Å². The summed E-state index contributed by atoms with van der Waals surface area (Å²) >= 11 is 5.86. The largest absolute Gasteiger partial charge is 0.469 e. The minimum absolute atomic E-state index is 0.239. The van der Waals surface area contributed by atoms with Gasteiger partial charge in [0.25, 0.3) is 0 Å². The van der Waals surface area contributed by atoms with Crippen molar-refractivity contribution in [2.24, 2.45) is 0 Å². The molecule has 19 heavy (non-hydrogen) atoms. The van der Waals surface area contributed by atoms with Crippen molar-refractivity contribution in [1.82, 2.24) is 9.55 Å². The topological polar surface area (TPSA) is 67.9 Å². The maximum absolute atomic E-state index is 11.2. The number of hydrogen-bond acceptors (Lipinski definition) is 4. The van der Waals surface area contributed by atoms with Gasteiger partial charge in [-0.25, -0.2) is 4.98 Å². The number of imidazole rings is 1. The van der Waals surface area contributed by atoms with Gasteiger partial charge in [0.05, 0.1) is 42.1 Å². The third-order valence-corrected chi connectivity index (χ3v) is 3.08. The van der Waals surface area contributed by atoms with Crippen molar-refractivity contribution in [3.8, 4) is 6.07 Å². The van der Waals surface area contributed by atoms with Gasteiger partial charge in [0, 0.05) is 6.54 Å². The summed E-state index contributed by atoms with van der Waals surface area (Å²) in [4.78, 5) is 15.6. The molecule has 0 aliphatic carbocycles. The number of aryl methyl sites for hydroxylation is 1. The normalized spacial score (nSPS) is 10.4. The molecule has 2 rings (SSSR count). The molecule has 0 aliphatic heterocycles. The Morgan fingerprint density at radius 3 is 3.00 bits per heavy atom. The van der Waals surface area contributed by atoms with Gasteiger partial charge in [0.2, 0.25) is 0 Å². The molecule has 0 bridgehead atoms. The van der Waals surface area contributed by atoms with Gasteiger partial charge in [0.15, 0.2) is 0 Å². The number of alkyl halides is 1. The number of fused-ring (bicyclic) bond motifs is 1. The van der Waals surface area contributed by atoms with Crippen LogP contribution in [0.4, 0.5) is 0 Å². The van der Waals surface area contributed by atoms with Gasteiger partial charge in [-0.15, -0.1) is 11.6 Å². The number of esters is 1. The third kappa shape index (κ3) is 2.69. The molecule has 0 spiro atoms. The van der Waals surface area contributed by atoms with Crippen molar-refractivity contribution < 1.29 is 9.53 Å². The highest BCUT2D eigenvalue weighted by Gasteiger charge is 2.12. The maximum Gasteiger partial charge on any atom is 0.307 e. The zero-order chi connectivity index (χ0) is 13.8. The zero-order valence-corrected chi connectivity index (χ0v) is 11.1. The Kier molecular flexibility index (Phi) is 4.03. The van der Waals surface area contributed by atoms with Gasteiger partial charge in [0.1, 0.15) is 5.82 Å². The average Bonchev–Trinajstić information content (AvgIpc) is 2.81. The Morgan fingerprint density at radius 1 is 1.58 bits per heavy atom. The molecule has 0 unspecified atom stereocenters. The lowest BCUT2D eigenvalue weighted by molar-refractivity contribution is -0.140. The summed E-state index contributed by atoms with van der Waals surface area (Å²) < 4.78 is 6.47. The van der Waals surface area contributed by atoms with Crippen LogP contribution in [0.25, 0.3) is 11.0 Å². The van der Waals surface area contributed by atoms with Gasteiger partial charge in [-0.2, -0.15) is 5.26 Å². The number of hydrogen-bond donors (Lipinski definition) is 0. The summed E-state index contributed by atoms with van der Waals surface area (Å²) in [6, 6.07) is 7.31. The molecule has 0 amide bonds. The van der Waals surface area contributed by atoms with E-state index in [1.165, 1.54) is 7.11 Å². The molecular formula is C13H12ClN3O2. The summed E-state index contributed by atoms with van der Waals surface area (Å²) in [7, 11) is 1.35. The van der Waals surface area contributed by atoms with Crippen molar-refractivity contribution in [3.63, 3.8) is 0 Å². The van der Waals surface area contributed by atoms with Crippen LogP contribution in [0.15, 0.2) is 18.2 Å². The number of carbonyl (C=O) groups is 1. The number of nitrogens with zero attached hydrogens (tertiary/aromatic N) is 3. The van der Waals surface area contributed by atoms with Gasteiger partial charge in [-0.3, -0.25) is 4.79 Å². The second-order valence-electron chi connectivity index (χ2n) is 3.95. The predicted octanol–water partition coefficient (Wildman–Crippen LogP) is 2.21. The van der Waals surface area contributed by atoms with E-state index in [-0.39, 0.29) is 18.3 Å². The van der Waals surface area contributed by atoms with Gasteiger partial charge in [-0.1, -0.05) is 0 Å². The van der Waals surface area contributed by atoms with E-state index in [1.807, 2.05) is 4.57 Å². The molecule has 1 aromatic heterocycles. The Morgan fingerprint density at radius 2 is 2.37 bits per heavy atom. The van der Waals surface area contributed by atoms with Crippen molar-refractivity contribution in [2.45, 2.75) is 18.8 Å². The van der Waals surface area contributed by atoms with E-state index in [0.29, 0.717) is 17.9 Å². The number of aromatic nitrogens is 2. The summed E-state index contributed by atoms with van der Waals surface area (Å²) in [5, 5.41) is 8.93. The number of ether oxygens (including phenoxy) is 1. The third-order valence-electron chi connectivity index (χ3n) is 2.84. The summed E-state index contributed by atoms with van der Waals surface area (Å²) in [6.45, 7) is 0.431. The van der Waals surface area contributed by atoms with Gasteiger partial charge < -0.3 is 9.30 Å². The molecule has 98 valence electrons. The highest BCUT2D eigenvalue weighted by Crippen LogP contribution is 2.19. The predicted molar refractivity (Wildman–Crippen MR) is 70.6 cm³/mol. The van der Waals surface area contributed by atoms with Crippen LogP contribution in [-0.4, -0.2) is 22.6 Å². The fraction of sp³-hybridized carbons (Fsp3) is 0.308. The standard InChI is InChI=1S/C13H12ClN3O2/c1-19-13(18)4-5-17-11-6-9(8-15)2-3-10(11)16-12(17)7-14/h2-3,6H,4-5,7H2,1H3. The lowest BCUT2D eigenvalue weighted by atomic mass is 10.2. The number of halogens is 1. The molecule has 0 atom stereocenters. The van der Waals surface area contributed by atoms with E-state index in [2.05, 4.69) is 15.8 Å². The Labute approximate surface area is 115 Å². The fourth-order valence-electron chi connectivity index (χ4n) is 1.90. The number of rotatable bonds is 4. The molecule has 1 aromatic carbocycles. The van der Waals surface area contributed by atoms with Crippen LogP contribution < -0.4 is 0 Å². The molecule has 0 N–H and O–H groups in total. The minimum atomic E-state index is -0.293. The highest BCUT2D eigenvalue weighted by atomic mass is 35.5. The Balaban J connectivity index is 2.43. The second-order valence-corrected chi connectivity index (χ2v) is 4.22. The summed E-state index contributed by atoms with van der Waals surface area (Å²) in [5.41, 5.74) is 2.12. The van der Waals surface area contributed by atoms with Crippen molar-refractivity contribution in [1.29, 1.82) is 5.26 Å². The number of benzene rings is 1. The van der Waals surface area contributed by atoms with Crippen LogP contribution in [-0.2, 0) is 22.0 Å².